The zero-order valence-electron chi connectivity index (χ0n) is 15.5. The Hall–Kier alpha value is -1.49. The van der Waals surface area contributed by atoms with Gasteiger partial charge in [0.2, 0.25) is 0 Å². The molecule has 5 nitrogen and oxygen atoms in total. The molecule has 1 saturated heterocycles. The molecule has 5 heteroatoms. The summed E-state index contributed by atoms with van der Waals surface area (Å²) in [6.45, 7) is 9.16. The van der Waals surface area contributed by atoms with Crippen LogP contribution in [0.4, 0.5) is 4.79 Å². The standard InChI is InChI=1S/C19H32N2O3/c1-14(22)12-19(3,4)13-20-18(23)21-11-7-5-6-8-16(21)17-10-9-15(2)24-17/h9-10,14,16,22H,5-8,11-13H2,1-4H3,(H,20,23). The third kappa shape index (κ3) is 5.26. The first-order valence-electron chi connectivity index (χ1n) is 9.07. The van der Waals surface area contributed by atoms with Gasteiger partial charge in [0.25, 0.3) is 0 Å². The molecule has 2 heterocycles. The van der Waals surface area contributed by atoms with Gasteiger partial charge in [-0.15, -0.1) is 0 Å². The maximum Gasteiger partial charge on any atom is 0.318 e. The Morgan fingerprint density at radius 3 is 2.79 bits per heavy atom. The number of furan rings is 1. The van der Waals surface area contributed by atoms with Gasteiger partial charge in [-0.05, 0) is 50.7 Å². The number of likely N-dealkylation sites (tertiary alicyclic amines) is 1. The first-order valence-corrected chi connectivity index (χ1v) is 9.07. The molecule has 0 spiro atoms. The van der Waals surface area contributed by atoms with E-state index >= 15 is 0 Å². The molecule has 2 unspecified atom stereocenters. The molecule has 24 heavy (non-hydrogen) atoms. The van der Waals surface area contributed by atoms with Crippen molar-refractivity contribution in [3.8, 4) is 0 Å². The number of amides is 2. The number of urea groups is 1. The highest BCUT2D eigenvalue weighted by molar-refractivity contribution is 5.74. The highest BCUT2D eigenvalue weighted by Gasteiger charge is 2.30. The van der Waals surface area contributed by atoms with Gasteiger partial charge in [0.1, 0.15) is 11.5 Å². The first-order chi connectivity index (χ1) is 11.3. The number of aryl methyl sites for hydroxylation is 1. The average molecular weight is 336 g/mol. The first kappa shape index (κ1) is 18.8. The minimum atomic E-state index is -0.367. The summed E-state index contributed by atoms with van der Waals surface area (Å²) in [7, 11) is 0. The molecule has 1 aromatic heterocycles. The predicted octanol–water partition coefficient (Wildman–Crippen LogP) is 4.01. The van der Waals surface area contributed by atoms with Gasteiger partial charge in [-0.3, -0.25) is 0 Å². The van der Waals surface area contributed by atoms with E-state index in [-0.39, 0.29) is 23.6 Å². The van der Waals surface area contributed by atoms with Crippen LogP contribution in [-0.4, -0.2) is 35.2 Å². The van der Waals surface area contributed by atoms with Gasteiger partial charge in [-0.25, -0.2) is 4.79 Å². The normalized spacial score (nSPS) is 20.5. The number of nitrogens with zero attached hydrogens (tertiary/aromatic N) is 1. The van der Waals surface area contributed by atoms with Crippen molar-refractivity contribution in [2.45, 2.75) is 71.9 Å². The summed E-state index contributed by atoms with van der Waals surface area (Å²) >= 11 is 0. The molecule has 0 saturated carbocycles. The van der Waals surface area contributed by atoms with E-state index in [0.717, 1.165) is 43.7 Å². The molecule has 2 amide bonds. The van der Waals surface area contributed by atoms with E-state index in [4.69, 9.17) is 4.42 Å². The van der Waals surface area contributed by atoms with E-state index in [1.165, 1.54) is 0 Å². The van der Waals surface area contributed by atoms with E-state index in [1.807, 2.05) is 24.0 Å². The van der Waals surface area contributed by atoms with Crippen molar-refractivity contribution in [3.05, 3.63) is 23.7 Å². The van der Waals surface area contributed by atoms with Crippen LogP contribution in [0.25, 0.3) is 0 Å². The zero-order chi connectivity index (χ0) is 17.7. The van der Waals surface area contributed by atoms with Crippen LogP contribution in [-0.2, 0) is 0 Å². The van der Waals surface area contributed by atoms with Gasteiger partial charge in [0.05, 0.1) is 12.1 Å². The number of hydrogen-bond donors (Lipinski definition) is 2. The molecule has 1 fully saturated rings. The molecule has 1 aliphatic rings. The Labute approximate surface area is 145 Å². The molecule has 2 N–H and O–H groups in total. The fourth-order valence-corrected chi connectivity index (χ4v) is 3.57. The number of carbonyl (C=O) groups excluding carboxylic acids is 1. The van der Waals surface area contributed by atoms with Crippen molar-refractivity contribution in [1.82, 2.24) is 10.2 Å². The van der Waals surface area contributed by atoms with Crippen LogP contribution in [0.5, 0.6) is 0 Å². The molecule has 0 aliphatic carbocycles. The van der Waals surface area contributed by atoms with Gasteiger partial charge < -0.3 is 19.7 Å². The van der Waals surface area contributed by atoms with Crippen LogP contribution in [0.15, 0.2) is 16.5 Å². The van der Waals surface area contributed by atoms with E-state index in [9.17, 15) is 9.90 Å². The average Bonchev–Trinajstić information content (AvgIpc) is 2.77. The van der Waals surface area contributed by atoms with Crippen molar-refractivity contribution < 1.29 is 14.3 Å². The Kier molecular flexibility index (Phi) is 6.33. The van der Waals surface area contributed by atoms with Gasteiger partial charge >= 0.3 is 6.03 Å². The molecular formula is C19H32N2O3. The summed E-state index contributed by atoms with van der Waals surface area (Å²) in [5.74, 6) is 1.76. The topological polar surface area (TPSA) is 65.7 Å². The van der Waals surface area contributed by atoms with E-state index in [2.05, 4.69) is 19.2 Å². The number of carbonyl (C=O) groups is 1. The molecular weight excluding hydrogens is 304 g/mol. The van der Waals surface area contributed by atoms with Gasteiger partial charge in [0, 0.05) is 13.1 Å². The largest absolute Gasteiger partial charge is 0.464 e. The van der Waals surface area contributed by atoms with Crippen LogP contribution >= 0.6 is 0 Å². The second-order valence-electron chi connectivity index (χ2n) is 7.88. The van der Waals surface area contributed by atoms with Crippen LogP contribution in [0.3, 0.4) is 0 Å². The smallest absolute Gasteiger partial charge is 0.318 e. The lowest BCUT2D eigenvalue weighted by molar-refractivity contribution is 0.123. The van der Waals surface area contributed by atoms with Gasteiger partial charge in [0.15, 0.2) is 0 Å². The second kappa shape index (κ2) is 8.06. The summed E-state index contributed by atoms with van der Waals surface area (Å²) in [5, 5.41) is 12.7. The van der Waals surface area contributed by atoms with Crippen LogP contribution in [0, 0.1) is 12.3 Å². The number of aliphatic hydroxyl groups is 1. The minimum Gasteiger partial charge on any atom is -0.464 e. The molecule has 1 aliphatic heterocycles. The van der Waals surface area contributed by atoms with E-state index in [1.54, 1.807) is 6.92 Å². The Bertz CT molecular complexity index is 536. The van der Waals surface area contributed by atoms with Gasteiger partial charge in [-0.1, -0.05) is 26.7 Å². The molecule has 0 aromatic carbocycles. The summed E-state index contributed by atoms with van der Waals surface area (Å²) in [5.41, 5.74) is -0.132. The summed E-state index contributed by atoms with van der Waals surface area (Å²) in [4.78, 5) is 14.7. The third-order valence-electron chi connectivity index (χ3n) is 4.67. The number of rotatable bonds is 5. The predicted molar refractivity (Wildman–Crippen MR) is 94.8 cm³/mol. The molecule has 0 radical (unpaired) electrons. The van der Waals surface area contributed by atoms with Crippen molar-refractivity contribution >= 4 is 6.03 Å². The lowest BCUT2D eigenvalue weighted by atomic mass is 9.87. The number of aliphatic hydroxyl groups excluding tert-OH is 1. The van der Waals surface area contributed by atoms with Crippen LogP contribution < -0.4 is 5.32 Å². The number of nitrogens with one attached hydrogen (secondary N) is 1. The third-order valence-corrected chi connectivity index (χ3v) is 4.67. The van der Waals surface area contributed by atoms with Crippen LogP contribution in [0.2, 0.25) is 0 Å². The summed E-state index contributed by atoms with van der Waals surface area (Å²) in [6.07, 6.45) is 4.52. The molecule has 0 bridgehead atoms. The summed E-state index contributed by atoms with van der Waals surface area (Å²) in [6, 6.07) is 3.93. The second-order valence-corrected chi connectivity index (χ2v) is 7.88. The van der Waals surface area contributed by atoms with Crippen molar-refractivity contribution in [3.63, 3.8) is 0 Å². The van der Waals surface area contributed by atoms with Crippen molar-refractivity contribution in [1.29, 1.82) is 0 Å². The molecule has 2 rings (SSSR count). The van der Waals surface area contributed by atoms with E-state index < -0.39 is 0 Å². The Morgan fingerprint density at radius 1 is 1.42 bits per heavy atom. The van der Waals surface area contributed by atoms with Crippen LogP contribution in [0.1, 0.15) is 70.4 Å². The molecule has 136 valence electrons. The quantitative estimate of drug-likeness (QED) is 0.854. The lowest BCUT2D eigenvalue weighted by Gasteiger charge is -2.32. The minimum absolute atomic E-state index is 0.0149. The van der Waals surface area contributed by atoms with Crippen molar-refractivity contribution in [2.75, 3.05) is 13.1 Å². The van der Waals surface area contributed by atoms with E-state index in [0.29, 0.717) is 13.0 Å². The zero-order valence-corrected chi connectivity index (χ0v) is 15.5. The highest BCUT2D eigenvalue weighted by Crippen LogP contribution is 2.31. The Morgan fingerprint density at radius 2 is 2.17 bits per heavy atom. The highest BCUT2D eigenvalue weighted by atomic mass is 16.3. The Balaban J connectivity index is 2.04. The maximum absolute atomic E-state index is 12.8. The SMILES string of the molecule is Cc1ccc(C2CCCCCN2C(=O)NCC(C)(C)CC(C)O)o1. The summed E-state index contributed by atoms with van der Waals surface area (Å²) < 4.78 is 5.80. The maximum atomic E-state index is 12.8. The molecule has 2 atom stereocenters. The van der Waals surface area contributed by atoms with Crippen molar-refractivity contribution in [2.24, 2.45) is 5.41 Å². The van der Waals surface area contributed by atoms with Gasteiger partial charge in [-0.2, -0.15) is 0 Å². The lowest BCUT2D eigenvalue weighted by Crippen LogP contribution is -2.45. The monoisotopic (exact) mass is 336 g/mol. The fraction of sp³-hybridized carbons (Fsp3) is 0.737. The number of hydrogen-bond acceptors (Lipinski definition) is 3. The molecule has 1 aromatic rings. The fourth-order valence-electron chi connectivity index (χ4n) is 3.57.